The summed E-state index contributed by atoms with van der Waals surface area (Å²) in [7, 11) is 6.45. The molecule has 3 heterocycles. The Hall–Kier alpha value is -6.73. The lowest BCUT2D eigenvalue weighted by atomic mass is 10.0. The Morgan fingerprint density at radius 2 is 1.49 bits per heavy atom. The lowest BCUT2D eigenvalue weighted by Gasteiger charge is -2.19. The summed E-state index contributed by atoms with van der Waals surface area (Å²) in [5.74, 6) is 1.68. The molecule has 7 rings (SSSR count). The fraction of sp³-hybridized carbons (Fsp3) is 0.312. The van der Waals surface area contributed by atoms with Crippen LogP contribution in [0.3, 0.4) is 0 Å². The van der Waals surface area contributed by atoms with Crippen molar-refractivity contribution >= 4 is 53.2 Å². The van der Waals surface area contributed by atoms with Crippen molar-refractivity contribution in [1.82, 2.24) is 15.1 Å². The molecule has 0 aromatic heterocycles. The van der Waals surface area contributed by atoms with E-state index in [1.807, 2.05) is 50.7 Å². The second-order valence-electron chi connectivity index (χ2n) is 15.0. The van der Waals surface area contributed by atoms with E-state index in [1.54, 1.807) is 60.7 Å². The van der Waals surface area contributed by atoms with Crippen LogP contribution in [0, 0.1) is 6.92 Å². The molecule has 0 saturated carbocycles. The predicted octanol–water partition coefficient (Wildman–Crippen LogP) is 8.09. The first-order valence-corrected chi connectivity index (χ1v) is 20.4. The minimum absolute atomic E-state index is 0.125. The molecule has 4 aromatic carbocycles. The van der Waals surface area contributed by atoms with Gasteiger partial charge in [0, 0.05) is 56.3 Å². The molecule has 0 aliphatic carbocycles. The Labute approximate surface area is 356 Å². The maximum Gasteiger partial charge on any atom is 0.337 e. The van der Waals surface area contributed by atoms with Gasteiger partial charge < -0.3 is 38.8 Å². The quantitative estimate of drug-likeness (QED) is 0.0456. The SMILES string of the molecule is CNCc1ccc(C2=CN3C(=O)c4cc(OC)c(OCCCCCOc5cc(N=CC6CC(c7ccc(C(=O)OC)cc7)=CN6C=O)c(C)cc5OC)cc4N=CC3C2)cc1. The van der Waals surface area contributed by atoms with E-state index in [0.29, 0.717) is 71.6 Å². The summed E-state index contributed by atoms with van der Waals surface area (Å²) in [6.07, 6.45) is 11.8. The van der Waals surface area contributed by atoms with Crippen molar-refractivity contribution in [3.05, 3.63) is 119 Å². The average molecular weight is 826 g/mol. The number of nitrogens with one attached hydrogen (secondary N) is 1. The van der Waals surface area contributed by atoms with Crippen LogP contribution >= 0.6 is 0 Å². The summed E-state index contributed by atoms with van der Waals surface area (Å²) in [6, 6.07) is 22.3. The van der Waals surface area contributed by atoms with E-state index in [-0.39, 0.29) is 18.0 Å². The highest BCUT2D eigenvalue weighted by atomic mass is 16.5. The standard InChI is InChI=1S/C48H51N5O8/c1-31-19-43(57-3)45(23-41(31)50-26-38-20-36(28-52(38)30-54)34-13-15-35(16-14-34)48(56)59-5)60-17-7-6-8-18-61-46-24-42-40(22-44(46)58-4)47(55)53-29-37(21-39(53)27-51-42)33-11-9-32(10-12-33)25-49-2/h9-16,19,22-24,26-30,38-39,49H,6-8,17-18,20-21,25H2,1-5H3. The van der Waals surface area contributed by atoms with Gasteiger partial charge in [0.2, 0.25) is 6.41 Å². The van der Waals surface area contributed by atoms with Crippen LogP contribution < -0.4 is 24.3 Å². The molecule has 0 bridgehead atoms. The predicted molar refractivity (Wildman–Crippen MR) is 236 cm³/mol. The van der Waals surface area contributed by atoms with Crippen molar-refractivity contribution in [1.29, 1.82) is 0 Å². The van der Waals surface area contributed by atoms with Crippen molar-refractivity contribution in [3.63, 3.8) is 0 Å². The van der Waals surface area contributed by atoms with E-state index >= 15 is 0 Å². The van der Waals surface area contributed by atoms with E-state index < -0.39 is 5.97 Å². The summed E-state index contributed by atoms with van der Waals surface area (Å²) in [4.78, 5) is 50.5. The van der Waals surface area contributed by atoms with Gasteiger partial charge in [0.05, 0.1) is 69.1 Å². The van der Waals surface area contributed by atoms with Crippen LogP contribution in [0.1, 0.15) is 75.1 Å². The van der Waals surface area contributed by atoms with E-state index in [1.165, 1.54) is 12.7 Å². The van der Waals surface area contributed by atoms with Crippen molar-refractivity contribution in [2.75, 3.05) is 41.6 Å². The number of ether oxygens (including phenoxy) is 5. The van der Waals surface area contributed by atoms with Crippen molar-refractivity contribution in [2.24, 2.45) is 9.98 Å². The van der Waals surface area contributed by atoms with E-state index in [2.05, 4.69) is 29.6 Å². The molecule has 3 aliphatic rings. The summed E-state index contributed by atoms with van der Waals surface area (Å²) in [5.41, 5.74) is 8.36. The number of fused-ring (bicyclic) bond motifs is 2. The van der Waals surface area contributed by atoms with Crippen LogP contribution in [0.2, 0.25) is 0 Å². The molecule has 4 aromatic rings. The number of rotatable bonds is 18. The molecular formula is C48H51N5O8. The fourth-order valence-electron chi connectivity index (χ4n) is 7.61. The summed E-state index contributed by atoms with van der Waals surface area (Å²) < 4.78 is 28.4. The first-order valence-electron chi connectivity index (χ1n) is 20.4. The largest absolute Gasteiger partial charge is 0.493 e. The zero-order valence-corrected chi connectivity index (χ0v) is 35.2. The molecule has 3 aliphatic heterocycles. The van der Waals surface area contributed by atoms with Crippen molar-refractivity contribution in [2.45, 2.75) is 57.7 Å². The number of carbonyl (C=O) groups excluding carboxylic acids is 3. The number of amides is 2. The van der Waals surface area contributed by atoms with Gasteiger partial charge in [0.25, 0.3) is 5.91 Å². The maximum absolute atomic E-state index is 13.8. The number of nitrogens with zero attached hydrogens (tertiary/aromatic N) is 4. The molecule has 13 heteroatoms. The Morgan fingerprint density at radius 1 is 0.836 bits per heavy atom. The number of carbonyl (C=O) groups is 3. The number of methoxy groups -OCH3 is 3. The normalized spacial score (nSPS) is 16.8. The molecule has 1 N–H and O–H groups in total. The van der Waals surface area contributed by atoms with Gasteiger partial charge in [-0.1, -0.05) is 36.4 Å². The summed E-state index contributed by atoms with van der Waals surface area (Å²) in [6.45, 7) is 3.65. The molecule has 0 radical (unpaired) electrons. The number of aryl methyl sites for hydroxylation is 1. The lowest BCUT2D eigenvalue weighted by Crippen LogP contribution is -2.32. The van der Waals surface area contributed by atoms with Gasteiger partial charge in [0.1, 0.15) is 0 Å². The highest BCUT2D eigenvalue weighted by Crippen LogP contribution is 2.40. The Balaban J connectivity index is 0.905. The number of hydrogen-bond donors (Lipinski definition) is 1. The van der Waals surface area contributed by atoms with Gasteiger partial charge in [-0.15, -0.1) is 0 Å². The molecule has 2 amide bonds. The molecule has 0 saturated heterocycles. The van der Waals surface area contributed by atoms with Gasteiger partial charge in [-0.05, 0) is 90.9 Å². The first kappa shape index (κ1) is 42.4. The van der Waals surface area contributed by atoms with Crippen LogP contribution in [-0.4, -0.2) is 94.2 Å². The van der Waals surface area contributed by atoms with Crippen molar-refractivity contribution in [3.8, 4) is 23.0 Å². The summed E-state index contributed by atoms with van der Waals surface area (Å²) in [5, 5.41) is 3.17. The maximum atomic E-state index is 13.8. The van der Waals surface area contributed by atoms with Gasteiger partial charge >= 0.3 is 5.97 Å². The van der Waals surface area contributed by atoms with Crippen LogP contribution in [0.4, 0.5) is 11.4 Å². The smallest absolute Gasteiger partial charge is 0.337 e. The van der Waals surface area contributed by atoms with E-state index in [9.17, 15) is 14.4 Å². The minimum Gasteiger partial charge on any atom is -0.493 e. The zero-order chi connectivity index (χ0) is 42.9. The third-order valence-corrected chi connectivity index (χ3v) is 11.0. The third-order valence-electron chi connectivity index (χ3n) is 11.0. The van der Waals surface area contributed by atoms with Crippen LogP contribution in [-0.2, 0) is 16.1 Å². The van der Waals surface area contributed by atoms with E-state index in [0.717, 1.165) is 60.1 Å². The first-order chi connectivity index (χ1) is 29.7. The molecule has 2 atom stereocenters. The molecular weight excluding hydrogens is 775 g/mol. The topological polar surface area (TPSA) is 141 Å². The minimum atomic E-state index is -0.401. The van der Waals surface area contributed by atoms with Crippen LogP contribution in [0.15, 0.2) is 95.2 Å². The second kappa shape index (κ2) is 19.6. The highest BCUT2D eigenvalue weighted by molar-refractivity contribution is 6.05. The average Bonchev–Trinajstić information content (AvgIpc) is 3.89. The van der Waals surface area contributed by atoms with Gasteiger partial charge in [0.15, 0.2) is 23.0 Å². The van der Waals surface area contributed by atoms with Crippen molar-refractivity contribution < 1.29 is 38.1 Å². The zero-order valence-electron chi connectivity index (χ0n) is 35.2. The molecule has 61 heavy (non-hydrogen) atoms. The second-order valence-corrected chi connectivity index (χ2v) is 15.0. The third kappa shape index (κ3) is 9.68. The summed E-state index contributed by atoms with van der Waals surface area (Å²) >= 11 is 0. The van der Waals surface area contributed by atoms with Gasteiger partial charge in [-0.3, -0.25) is 19.6 Å². The number of esters is 1. The van der Waals surface area contributed by atoms with Gasteiger partial charge in [-0.2, -0.15) is 0 Å². The Bertz CT molecular complexity index is 2370. The Morgan fingerprint density at radius 3 is 2.15 bits per heavy atom. The molecule has 0 fully saturated rings. The van der Waals surface area contributed by atoms with Gasteiger partial charge in [-0.25, -0.2) is 4.79 Å². The van der Waals surface area contributed by atoms with Crippen LogP contribution in [0.5, 0.6) is 23.0 Å². The lowest BCUT2D eigenvalue weighted by molar-refractivity contribution is -0.116. The van der Waals surface area contributed by atoms with Crippen LogP contribution in [0.25, 0.3) is 11.1 Å². The highest BCUT2D eigenvalue weighted by Gasteiger charge is 2.33. The number of unbranched alkanes of at least 4 members (excludes halogenated alkanes) is 2. The number of aliphatic imine (C=N–C) groups is 2. The fourth-order valence-corrected chi connectivity index (χ4v) is 7.61. The molecule has 0 spiro atoms. The Kier molecular flexibility index (Phi) is 13.6. The number of benzene rings is 4. The molecule has 2 unspecified atom stereocenters. The molecule has 316 valence electrons. The monoisotopic (exact) mass is 825 g/mol. The molecule has 13 nitrogen and oxygen atoms in total. The van der Waals surface area contributed by atoms with E-state index in [4.69, 9.17) is 33.7 Å². The number of hydrogen-bond acceptors (Lipinski definition) is 11.